The van der Waals surface area contributed by atoms with Crippen LogP contribution in [0.3, 0.4) is 0 Å². The topological polar surface area (TPSA) is 87.3 Å². The first kappa shape index (κ1) is 30.6. The number of amides is 2. The molecule has 10 heteroatoms. The zero-order chi connectivity index (χ0) is 21.8. The Morgan fingerprint density at radius 1 is 0.724 bits per heavy atom. The van der Waals surface area contributed by atoms with Gasteiger partial charge in [-0.15, -0.1) is 26.2 Å². The number of carbonyl (C=O) groups is 2. The molecule has 0 aromatic carbocycles. The van der Waals surface area contributed by atoms with Crippen molar-refractivity contribution < 1.29 is 37.8 Å². The Balaban J connectivity index is 0. The van der Waals surface area contributed by atoms with Gasteiger partial charge in [0.25, 0.3) is 0 Å². The van der Waals surface area contributed by atoms with E-state index in [1.807, 2.05) is 41.5 Å². The monoisotopic (exact) mass is 615 g/mol. The van der Waals surface area contributed by atoms with Crippen LogP contribution in [0.5, 0.6) is 0 Å². The average molecular weight is 616 g/mol. The number of hydrogen-bond acceptors (Lipinski definition) is 4. The normalized spacial score (nSPS) is 16.9. The standard InChI is InChI=1S/2C9H17N2O2.CH3.ClH.Pt/c2*1-9(2,3)13-8(12)11-6-4-10-5-7-11;;;/h2*4-7H2,1-3H3;1H3;1H;/q3*-1;;+1/p-1. The van der Waals surface area contributed by atoms with Crippen LogP contribution in [0.15, 0.2) is 0 Å². The van der Waals surface area contributed by atoms with Crippen molar-refractivity contribution in [3.05, 3.63) is 18.1 Å². The molecule has 8 nitrogen and oxygen atoms in total. The Bertz CT molecular complexity index is 416. The molecule has 2 heterocycles. The molecule has 0 aromatic rings. The quantitative estimate of drug-likeness (QED) is 0.379. The fourth-order valence-corrected chi connectivity index (χ4v) is 2.23. The van der Waals surface area contributed by atoms with E-state index >= 15 is 0 Å². The first-order valence-electron chi connectivity index (χ1n) is 9.32. The van der Waals surface area contributed by atoms with Crippen molar-refractivity contribution in [1.29, 1.82) is 0 Å². The molecule has 0 bridgehead atoms. The number of carbonyl (C=O) groups excluding carboxylic acids is 2. The summed E-state index contributed by atoms with van der Waals surface area (Å²) in [5.74, 6) is 0. The van der Waals surface area contributed by atoms with Crippen LogP contribution in [0, 0.1) is 7.43 Å². The zero-order valence-electron chi connectivity index (χ0n) is 18.8. The minimum absolute atomic E-state index is 0. The third-order valence-corrected chi connectivity index (χ3v) is 3.42. The number of hydrogen-bond donors (Lipinski definition) is 0. The van der Waals surface area contributed by atoms with Crippen molar-refractivity contribution in [3.63, 3.8) is 0 Å². The van der Waals surface area contributed by atoms with Crippen molar-refractivity contribution in [2.45, 2.75) is 52.7 Å². The number of ether oxygens (including phenoxy) is 2. The van der Waals surface area contributed by atoms with Gasteiger partial charge in [-0.05, 0) is 41.5 Å². The molecule has 0 saturated carbocycles. The Kier molecular flexibility index (Phi) is 16.1. The van der Waals surface area contributed by atoms with Gasteiger partial charge in [0.05, 0.1) is 0 Å². The summed E-state index contributed by atoms with van der Waals surface area (Å²) in [6.45, 7) is 16.9. The Hall–Kier alpha value is -0.562. The van der Waals surface area contributed by atoms with Crippen LogP contribution in [0.4, 0.5) is 9.59 Å². The zero-order valence-corrected chi connectivity index (χ0v) is 21.8. The molecule has 2 saturated heterocycles. The molecule has 0 spiro atoms. The number of piperazine rings is 2. The number of nitrogens with zero attached hydrogens (tertiary/aromatic N) is 4. The molecule has 2 rings (SSSR count). The molecule has 0 aromatic heterocycles. The van der Waals surface area contributed by atoms with Gasteiger partial charge in [0, 0.05) is 26.2 Å². The van der Waals surface area contributed by atoms with Gasteiger partial charge in [-0.3, -0.25) is 0 Å². The van der Waals surface area contributed by atoms with Crippen LogP contribution < -0.4 is 0 Å². The molecular formula is C19H37ClN4O4Pt-3. The van der Waals surface area contributed by atoms with E-state index in [9.17, 15) is 9.59 Å². The molecule has 0 unspecified atom stereocenters. The van der Waals surface area contributed by atoms with Crippen molar-refractivity contribution >= 4 is 21.6 Å². The van der Waals surface area contributed by atoms with E-state index in [-0.39, 0.29) is 19.6 Å². The molecule has 2 fully saturated rings. The third kappa shape index (κ3) is 15.9. The minimum atomic E-state index is -0.397. The Labute approximate surface area is 192 Å². The Morgan fingerprint density at radius 2 is 0.966 bits per heavy atom. The summed E-state index contributed by atoms with van der Waals surface area (Å²) in [5, 5.41) is 8.31. The van der Waals surface area contributed by atoms with Gasteiger partial charge in [0.2, 0.25) is 0 Å². The summed E-state index contributed by atoms with van der Waals surface area (Å²) in [6, 6.07) is 0. The van der Waals surface area contributed by atoms with Gasteiger partial charge < -0.3 is 37.3 Å². The summed E-state index contributed by atoms with van der Waals surface area (Å²) in [4.78, 5) is 26.4. The third-order valence-electron chi connectivity index (χ3n) is 3.42. The number of halogens is 1. The van der Waals surface area contributed by atoms with E-state index in [2.05, 4.69) is 20.1 Å². The summed E-state index contributed by atoms with van der Waals surface area (Å²) in [5.41, 5.74) is -0.794. The van der Waals surface area contributed by atoms with Crippen molar-refractivity contribution in [3.8, 4) is 0 Å². The predicted octanol–water partition coefficient (Wildman–Crippen LogP) is 4.36. The molecule has 2 aliphatic rings. The van der Waals surface area contributed by atoms with Crippen LogP contribution >= 0.6 is 9.42 Å². The van der Waals surface area contributed by atoms with Gasteiger partial charge in [-0.1, -0.05) is 0 Å². The molecule has 0 aliphatic carbocycles. The second kappa shape index (κ2) is 15.3. The van der Waals surface area contributed by atoms with Crippen LogP contribution in [0.25, 0.3) is 10.6 Å². The van der Waals surface area contributed by atoms with Crippen LogP contribution in [0.2, 0.25) is 0 Å². The van der Waals surface area contributed by atoms with Gasteiger partial charge in [0.1, 0.15) is 11.2 Å². The van der Waals surface area contributed by atoms with Gasteiger partial charge in [0.15, 0.2) is 0 Å². The average Bonchev–Trinajstić information content (AvgIpc) is 2.63. The second-order valence-electron chi connectivity index (χ2n) is 8.28. The van der Waals surface area contributed by atoms with Crippen LogP contribution in [0.1, 0.15) is 41.5 Å². The first-order chi connectivity index (χ1) is 13.0. The van der Waals surface area contributed by atoms with Crippen molar-refractivity contribution in [2.75, 3.05) is 52.4 Å². The molecule has 0 radical (unpaired) electrons. The van der Waals surface area contributed by atoms with Crippen molar-refractivity contribution in [2.24, 2.45) is 0 Å². The predicted molar refractivity (Wildman–Crippen MR) is 114 cm³/mol. The summed E-state index contributed by atoms with van der Waals surface area (Å²) in [6.07, 6.45) is -0.440. The fourth-order valence-electron chi connectivity index (χ4n) is 2.23. The summed E-state index contributed by atoms with van der Waals surface area (Å²) in [7, 11) is 4.61. The molecule has 0 N–H and O–H groups in total. The Morgan fingerprint density at radius 3 is 1.17 bits per heavy atom. The summed E-state index contributed by atoms with van der Waals surface area (Å²) < 4.78 is 10.4. The SMILES string of the molecule is CC(C)(C)OC(=O)N1CC[N-]CC1.CC(C)(C)OC(=O)N1CC[N-]CC1.[CH3-].[Cl][Pt]. The first-order valence-corrected chi connectivity index (χ1v) is 12.1. The van der Waals surface area contributed by atoms with E-state index in [0.29, 0.717) is 26.2 Å². The molecule has 177 valence electrons. The van der Waals surface area contributed by atoms with Crippen LogP contribution in [-0.2, 0) is 28.2 Å². The van der Waals surface area contributed by atoms with Crippen LogP contribution in [-0.4, -0.2) is 85.5 Å². The maximum absolute atomic E-state index is 11.5. The fraction of sp³-hybridized carbons (Fsp3) is 0.842. The van der Waals surface area contributed by atoms with E-state index in [4.69, 9.17) is 9.47 Å². The molecule has 2 amide bonds. The molecule has 0 atom stereocenters. The summed E-state index contributed by atoms with van der Waals surface area (Å²) >= 11 is 1.61. The van der Waals surface area contributed by atoms with E-state index in [1.54, 1.807) is 28.6 Å². The van der Waals surface area contributed by atoms with Crippen molar-refractivity contribution in [1.82, 2.24) is 9.80 Å². The van der Waals surface area contributed by atoms with Gasteiger partial charge in [-0.25, -0.2) is 9.59 Å². The van der Waals surface area contributed by atoms with Gasteiger partial charge in [-0.2, -0.15) is 0 Å². The van der Waals surface area contributed by atoms with E-state index < -0.39 is 11.2 Å². The second-order valence-corrected chi connectivity index (χ2v) is 8.28. The maximum atomic E-state index is 11.5. The molecule has 2 aliphatic heterocycles. The van der Waals surface area contributed by atoms with E-state index in [0.717, 1.165) is 26.2 Å². The number of rotatable bonds is 0. The van der Waals surface area contributed by atoms with E-state index in [1.165, 1.54) is 0 Å². The molecular weight excluding hydrogens is 579 g/mol. The molecule has 29 heavy (non-hydrogen) atoms. The van der Waals surface area contributed by atoms with Gasteiger partial charge >= 0.3 is 40.4 Å².